The fourth-order valence-electron chi connectivity index (χ4n) is 4.78. The number of benzene rings is 2. The van der Waals surface area contributed by atoms with Gasteiger partial charge in [-0.2, -0.15) is 0 Å². The van der Waals surface area contributed by atoms with E-state index in [1.165, 1.54) is 17.5 Å². The molecule has 1 saturated heterocycles. The van der Waals surface area contributed by atoms with E-state index in [1.54, 1.807) is 4.31 Å². The van der Waals surface area contributed by atoms with Gasteiger partial charge in [0.1, 0.15) is 0 Å². The molecule has 2 aromatic rings. The number of hydrogen-bond acceptors (Lipinski definition) is 3. The summed E-state index contributed by atoms with van der Waals surface area (Å²) in [4.78, 5) is 12.8. The van der Waals surface area contributed by atoms with Crippen LogP contribution in [0.1, 0.15) is 60.0 Å². The number of carbonyl (C=O) groups is 1. The molecule has 1 atom stereocenters. The number of rotatable bonds is 6. The fraction of sp³-hybridized carbons (Fsp3) is 0.480. The van der Waals surface area contributed by atoms with E-state index >= 15 is 0 Å². The molecule has 0 bridgehead atoms. The molecule has 2 aromatic carbocycles. The molecule has 1 N–H and O–H groups in total. The second-order valence-electron chi connectivity index (χ2n) is 9.03. The molecule has 31 heavy (non-hydrogen) atoms. The summed E-state index contributed by atoms with van der Waals surface area (Å²) in [6.07, 6.45) is 4.62. The van der Waals surface area contributed by atoms with Crippen LogP contribution in [0.5, 0.6) is 0 Å². The van der Waals surface area contributed by atoms with E-state index in [2.05, 4.69) is 23.5 Å². The molecule has 1 aliphatic heterocycles. The van der Waals surface area contributed by atoms with Crippen molar-refractivity contribution in [3.05, 3.63) is 70.3 Å². The number of sulfonamides is 1. The van der Waals surface area contributed by atoms with Crippen molar-refractivity contribution in [2.75, 3.05) is 13.1 Å². The standard InChI is InChI=1S/C25H32N2O3S/c1-18-5-3-6-20(15-18)17-31(29,30)27-13-11-22(12-14-27)25(28)26-19(2)23-10-9-21-7-4-8-24(21)16-23/h3,5-6,9-10,15-16,19,22H,4,7-8,11-14,17H2,1-2H3,(H,26,28)/t19-/m0/s1. The molecule has 2 aliphatic rings. The second kappa shape index (κ2) is 9.13. The van der Waals surface area contributed by atoms with Gasteiger partial charge < -0.3 is 5.32 Å². The lowest BCUT2D eigenvalue weighted by Crippen LogP contribution is -2.43. The van der Waals surface area contributed by atoms with Gasteiger partial charge in [0.05, 0.1) is 11.8 Å². The molecule has 5 nitrogen and oxygen atoms in total. The highest BCUT2D eigenvalue weighted by atomic mass is 32.2. The molecular formula is C25H32N2O3S. The molecule has 6 heteroatoms. The van der Waals surface area contributed by atoms with Crippen LogP contribution in [0, 0.1) is 12.8 Å². The molecule has 0 radical (unpaired) electrons. The highest BCUT2D eigenvalue weighted by molar-refractivity contribution is 7.88. The van der Waals surface area contributed by atoms with Crippen LogP contribution in [-0.2, 0) is 33.4 Å². The van der Waals surface area contributed by atoms with Crippen molar-refractivity contribution in [3.63, 3.8) is 0 Å². The molecule has 1 aliphatic carbocycles. The smallest absolute Gasteiger partial charge is 0.223 e. The summed E-state index contributed by atoms with van der Waals surface area (Å²) < 4.78 is 27.2. The number of fused-ring (bicyclic) bond motifs is 1. The Labute approximate surface area is 185 Å². The molecule has 0 spiro atoms. The third-order valence-electron chi connectivity index (χ3n) is 6.63. The number of piperidine rings is 1. The fourth-order valence-corrected chi connectivity index (χ4v) is 6.33. The molecular weight excluding hydrogens is 408 g/mol. The lowest BCUT2D eigenvalue weighted by molar-refractivity contribution is -0.126. The van der Waals surface area contributed by atoms with Gasteiger partial charge in [0.25, 0.3) is 0 Å². The molecule has 1 heterocycles. The van der Waals surface area contributed by atoms with Crippen molar-refractivity contribution >= 4 is 15.9 Å². The van der Waals surface area contributed by atoms with Crippen molar-refractivity contribution in [3.8, 4) is 0 Å². The Balaban J connectivity index is 1.31. The zero-order chi connectivity index (χ0) is 22.0. The van der Waals surface area contributed by atoms with Gasteiger partial charge in [-0.25, -0.2) is 12.7 Å². The average Bonchev–Trinajstić information content (AvgIpc) is 3.21. The first-order valence-corrected chi connectivity index (χ1v) is 12.9. The van der Waals surface area contributed by atoms with E-state index in [4.69, 9.17) is 0 Å². The van der Waals surface area contributed by atoms with Gasteiger partial charge in [0.2, 0.25) is 15.9 Å². The maximum atomic E-state index is 12.8. The molecule has 0 aromatic heterocycles. The van der Waals surface area contributed by atoms with Gasteiger partial charge in [0, 0.05) is 19.0 Å². The van der Waals surface area contributed by atoms with Crippen LogP contribution < -0.4 is 5.32 Å². The highest BCUT2D eigenvalue weighted by Gasteiger charge is 2.31. The van der Waals surface area contributed by atoms with E-state index in [9.17, 15) is 13.2 Å². The number of nitrogens with zero attached hydrogens (tertiary/aromatic N) is 1. The summed E-state index contributed by atoms with van der Waals surface area (Å²) in [7, 11) is -3.37. The van der Waals surface area contributed by atoms with Gasteiger partial charge in [-0.1, -0.05) is 48.0 Å². The van der Waals surface area contributed by atoms with Crippen LogP contribution in [0.15, 0.2) is 42.5 Å². The van der Waals surface area contributed by atoms with Crippen molar-refractivity contribution in [1.29, 1.82) is 0 Å². The SMILES string of the molecule is Cc1cccc(CS(=O)(=O)N2CCC(C(=O)N[C@@H](C)c3ccc4c(c3)CCC4)CC2)c1. The summed E-state index contributed by atoms with van der Waals surface area (Å²) in [5.41, 5.74) is 5.85. The largest absolute Gasteiger partial charge is 0.349 e. The summed E-state index contributed by atoms with van der Waals surface area (Å²) in [5, 5.41) is 3.15. The first-order chi connectivity index (χ1) is 14.8. The Morgan fingerprint density at radius 1 is 1.10 bits per heavy atom. The Bertz CT molecular complexity index is 1060. The van der Waals surface area contributed by atoms with Gasteiger partial charge >= 0.3 is 0 Å². The first kappa shape index (κ1) is 22.0. The van der Waals surface area contributed by atoms with E-state index < -0.39 is 10.0 Å². The number of aryl methyl sites for hydroxylation is 3. The number of hydrogen-bond donors (Lipinski definition) is 1. The normalized spacial score (nSPS) is 18.5. The van der Waals surface area contributed by atoms with Gasteiger partial charge in [0.15, 0.2) is 0 Å². The lowest BCUT2D eigenvalue weighted by Gasteiger charge is -2.31. The molecule has 1 amide bonds. The first-order valence-electron chi connectivity index (χ1n) is 11.3. The third-order valence-corrected chi connectivity index (χ3v) is 8.48. The van der Waals surface area contributed by atoms with Crippen LogP contribution in [-0.4, -0.2) is 31.7 Å². The highest BCUT2D eigenvalue weighted by Crippen LogP contribution is 2.27. The van der Waals surface area contributed by atoms with Crippen LogP contribution >= 0.6 is 0 Å². The Hall–Kier alpha value is -2.18. The summed E-state index contributed by atoms with van der Waals surface area (Å²) in [6.45, 7) is 4.79. The zero-order valence-corrected chi connectivity index (χ0v) is 19.2. The average molecular weight is 441 g/mol. The van der Waals surface area contributed by atoms with E-state index in [0.29, 0.717) is 25.9 Å². The van der Waals surface area contributed by atoms with Crippen LogP contribution in [0.2, 0.25) is 0 Å². The van der Waals surface area contributed by atoms with Crippen molar-refractivity contribution in [2.24, 2.45) is 5.92 Å². The Kier molecular flexibility index (Phi) is 6.49. The lowest BCUT2D eigenvalue weighted by atomic mass is 9.96. The minimum atomic E-state index is -3.37. The van der Waals surface area contributed by atoms with Gasteiger partial charge in [-0.05, 0) is 68.2 Å². The zero-order valence-electron chi connectivity index (χ0n) is 18.4. The monoisotopic (exact) mass is 440 g/mol. The minimum Gasteiger partial charge on any atom is -0.349 e. The van der Waals surface area contributed by atoms with Crippen molar-refractivity contribution in [1.82, 2.24) is 9.62 Å². The second-order valence-corrected chi connectivity index (χ2v) is 11.0. The molecule has 166 valence electrons. The third kappa shape index (κ3) is 5.18. The summed E-state index contributed by atoms with van der Waals surface area (Å²) >= 11 is 0. The number of amides is 1. The maximum absolute atomic E-state index is 12.8. The Morgan fingerprint density at radius 2 is 1.84 bits per heavy atom. The van der Waals surface area contributed by atoms with Gasteiger partial charge in [-0.3, -0.25) is 4.79 Å². The maximum Gasteiger partial charge on any atom is 0.223 e. The molecule has 0 unspecified atom stereocenters. The quantitative estimate of drug-likeness (QED) is 0.741. The Morgan fingerprint density at radius 3 is 2.58 bits per heavy atom. The van der Waals surface area contributed by atoms with Gasteiger partial charge in [-0.15, -0.1) is 0 Å². The van der Waals surface area contributed by atoms with Crippen molar-refractivity contribution < 1.29 is 13.2 Å². The van der Waals surface area contributed by atoms with Crippen molar-refractivity contribution in [2.45, 2.75) is 57.7 Å². The van der Waals surface area contributed by atoms with E-state index in [1.807, 2.05) is 38.1 Å². The van der Waals surface area contributed by atoms with E-state index in [-0.39, 0.29) is 23.6 Å². The van der Waals surface area contributed by atoms with Crippen LogP contribution in [0.25, 0.3) is 0 Å². The summed E-state index contributed by atoms with van der Waals surface area (Å²) in [6, 6.07) is 14.1. The predicted molar refractivity (Wildman–Crippen MR) is 123 cm³/mol. The predicted octanol–water partition coefficient (Wildman–Crippen LogP) is 3.90. The number of nitrogens with one attached hydrogen (secondary N) is 1. The molecule has 0 saturated carbocycles. The van der Waals surface area contributed by atoms with Crippen LogP contribution in [0.3, 0.4) is 0 Å². The topological polar surface area (TPSA) is 66.5 Å². The van der Waals surface area contributed by atoms with Crippen LogP contribution in [0.4, 0.5) is 0 Å². The molecule has 4 rings (SSSR count). The molecule has 1 fully saturated rings. The summed E-state index contributed by atoms with van der Waals surface area (Å²) in [5.74, 6) is -0.0907. The minimum absolute atomic E-state index is 0.0148. The van der Waals surface area contributed by atoms with E-state index in [0.717, 1.165) is 29.5 Å². The number of carbonyl (C=O) groups excluding carboxylic acids is 1.